The van der Waals surface area contributed by atoms with E-state index in [2.05, 4.69) is 13.8 Å². The van der Waals surface area contributed by atoms with Crippen LogP contribution in [0.5, 0.6) is 0 Å². The van der Waals surface area contributed by atoms with Gasteiger partial charge in [0, 0.05) is 12.1 Å². The number of carbonyl (C=O) groups is 1. The summed E-state index contributed by atoms with van der Waals surface area (Å²) < 4.78 is 5.67. The highest BCUT2D eigenvalue weighted by Gasteiger charge is 2.46. The van der Waals surface area contributed by atoms with E-state index in [4.69, 9.17) is 10.5 Å². The van der Waals surface area contributed by atoms with Crippen molar-refractivity contribution in [3.8, 4) is 0 Å². The largest absolute Gasteiger partial charge is 0.444 e. The number of hydrogen-bond donors (Lipinski definition) is 1. The van der Waals surface area contributed by atoms with E-state index in [9.17, 15) is 4.79 Å². The van der Waals surface area contributed by atoms with Crippen LogP contribution in [0.2, 0.25) is 0 Å². The van der Waals surface area contributed by atoms with Gasteiger partial charge in [-0.1, -0.05) is 33.1 Å². The number of hydrogen-bond acceptors (Lipinski definition) is 3. The van der Waals surface area contributed by atoms with Crippen molar-refractivity contribution in [2.24, 2.45) is 11.1 Å². The Bertz CT molecular complexity index is 406. The van der Waals surface area contributed by atoms with Gasteiger partial charge in [-0.15, -0.1) is 0 Å². The predicted molar refractivity (Wildman–Crippen MR) is 89.7 cm³/mol. The van der Waals surface area contributed by atoms with E-state index in [1.54, 1.807) is 0 Å². The monoisotopic (exact) mass is 310 g/mol. The SMILES string of the molecule is CC1(C)CCC(C2(N)CCCCC2)N(C(=O)OC(C)(C)C)C1. The molecule has 2 N–H and O–H groups in total. The molecule has 0 radical (unpaired) electrons. The zero-order valence-electron chi connectivity index (χ0n) is 15.1. The summed E-state index contributed by atoms with van der Waals surface area (Å²) in [7, 11) is 0. The van der Waals surface area contributed by atoms with Crippen molar-refractivity contribution in [1.82, 2.24) is 4.90 Å². The van der Waals surface area contributed by atoms with E-state index in [1.165, 1.54) is 19.3 Å². The van der Waals surface area contributed by atoms with E-state index in [-0.39, 0.29) is 23.1 Å². The fraction of sp³-hybridized carbons (Fsp3) is 0.944. The molecule has 1 aliphatic carbocycles. The van der Waals surface area contributed by atoms with Crippen LogP contribution in [0.15, 0.2) is 0 Å². The lowest BCUT2D eigenvalue weighted by Crippen LogP contribution is -2.64. The highest BCUT2D eigenvalue weighted by Crippen LogP contribution is 2.40. The number of nitrogens with two attached hydrogens (primary N) is 1. The summed E-state index contributed by atoms with van der Waals surface area (Å²) in [6.07, 6.45) is 7.59. The molecule has 22 heavy (non-hydrogen) atoms. The van der Waals surface area contributed by atoms with E-state index in [0.717, 1.165) is 32.2 Å². The van der Waals surface area contributed by atoms with Gasteiger partial charge < -0.3 is 15.4 Å². The third-order valence-corrected chi connectivity index (χ3v) is 5.15. The lowest BCUT2D eigenvalue weighted by Gasteiger charge is -2.51. The second-order valence-electron chi connectivity index (χ2n) is 9.12. The highest BCUT2D eigenvalue weighted by atomic mass is 16.6. The van der Waals surface area contributed by atoms with Crippen LogP contribution in [0.4, 0.5) is 4.79 Å². The first kappa shape index (κ1) is 17.6. The van der Waals surface area contributed by atoms with Crippen molar-refractivity contribution in [3.05, 3.63) is 0 Å². The maximum absolute atomic E-state index is 12.7. The summed E-state index contributed by atoms with van der Waals surface area (Å²) in [5.41, 5.74) is 6.21. The van der Waals surface area contributed by atoms with E-state index < -0.39 is 5.60 Å². The lowest BCUT2D eigenvalue weighted by molar-refractivity contribution is -0.0275. The first-order chi connectivity index (χ1) is 10.0. The van der Waals surface area contributed by atoms with Gasteiger partial charge in [0.05, 0.1) is 6.04 Å². The molecular weight excluding hydrogens is 276 g/mol. The van der Waals surface area contributed by atoms with Gasteiger partial charge in [-0.2, -0.15) is 0 Å². The second-order valence-corrected chi connectivity index (χ2v) is 9.12. The smallest absolute Gasteiger partial charge is 0.410 e. The number of likely N-dealkylation sites (tertiary alicyclic amines) is 1. The molecule has 2 fully saturated rings. The van der Waals surface area contributed by atoms with Gasteiger partial charge in [0.1, 0.15) is 5.60 Å². The Kier molecular flexibility index (Phi) is 4.82. The van der Waals surface area contributed by atoms with Gasteiger partial charge in [-0.25, -0.2) is 4.79 Å². The number of rotatable bonds is 1. The number of carbonyl (C=O) groups excluding carboxylic acids is 1. The van der Waals surface area contributed by atoms with E-state index in [1.807, 2.05) is 25.7 Å². The van der Waals surface area contributed by atoms with Crippen molar-refractivity contribution >= 4 is 6.09 Å². The first-order valence-electron chi connectivity index (χ1n) is 8.81. The summed E-state index contributed by atoms with van der Waals surface area (Å²) in [5.74, 6) is 0. The molecule has 4 nitrogen and oxygen atoms in total. The molecule has 1 atom stereocenters. The van der Waals surface area contributed by atoms with E-state index >= 15 is 0 Å². The van der Waals surface area contributed by atoms with Crippen LogP contribution in [-0.2, 0) is 4.74 Å². The van der Waals surface area contributed by atoms with Crippen molar-refractivity contribution in [1.29, 1.82) is 0 Å². The third kappa shape index (κ3) is 4.15. The maximum atomic E-state index is 12.7. The molecule has 2 aliphatic rings. The summed E-state index contributed by atoms with van der Waals surface area (Å²) in [6.45, 7) is 11.0. The zero-order valence-corrected chi connectivity index (χ0v) is 15.1. The number of nitrogens with zero attached hydrogens (tertiary/aromatic N) is 1. The van der Waals surface area contributed by atoms with Gasteiger partial charge in [-0.05, 0) is 51.9 Å². The van der Waals surface area contributed by atoms with Crippen LogP contribution in [0.25, 0.3) is 0 Å². The Hall–Kier alpha value is -0.770. The quantitative estimate of drug-likeness (QED) is 0.794. The minimum atomic E-state index is -0.461. The fourth-order valence-electron chi connectivity index (χ4n) is 3.99. The second kappa shape index (κ2) is 6.03. The summed E-state index contributed by atoms with van der Waals surface area (Å²) >= 11 is 0. The molecule has 0 aromatic rings. The molecule has 0 aromatic carbocycles. The molecule has 1 heterocycles. The van der Waals surface area contributed by atoms with Crippen molar-refractivity contribution in [2.75, 3.05) is 6.54 Å². The Morgan fingerprint density at radius 3 is 2.27 bits per heavy atom. The molecular formula is C18H34N2O2. The predicted octanol–water partition coefficient (Wildman–Crippen LogP) is 4.07. The summed E-state index contributed by atoms with van der Waals surface area (Å²) in [5, 5.41) is 0. The van der Waals surface area contributed by atoms with Crippen molar-refractivity contribution < 1.29 is 9.53 Å². The normalized spacial score (nSPS) is 28.3. The zero-order chi connectivity index (χ0) is 16.6. The van der Waals surface area contributed by atoms with Gasteiger partial charge in [0.25, 0.3) is 0 Å². The Balaban J connectivity index is 2.20. The molecule has 1 aliphatic heterocycles. The average molecular weight is 310 g/mol. The standard InChI is InChI=1S/C18H34N2O2/c1-16(2,3)22-15(21)20-13-17(4,5)12-9-14(20)18(19)10-7-6-8-11-18/h14H,6-13,19H2,1-5H3. The first-order valence-corrected chi connectivity index (χ1v) is 8.81. The molecule has 0 spiro atoms. The molecule has 2 rings (SSSR count). The Labute approximate surface area is 135 Å². The van der Waals surface area contributed by atoms with Gasteiger partial charge in [0.15, 0.2) is 0 Å². The van der Waals surface area contributed by atoms with Crippen molar-refractivity contribution in [2.45, 2.75) is 96.7 Å². The number of piperidine rings is 1. The average Bonchev–Trinajstić information content (AvgIpc) is 2.36. The van der Waals surface area contributed by atoms with Crippen LogP contribution in [-0.4, -0.2) is 34.7 Å². The lowest BCUT2D eigenvalue weighted by atomic mass is 9.70. The molecule has 0 aromatic heterocycles. The molecule has 4 heteroatoms. The number of amides is 1. The fourth-order valence-corrected chi connectivity index (χ4v) is 3.99. The topological polar surface area (TPSA) is 55.6 Å². The Morgan fingerprint density at radius 1 is 1.14 bits per heavy atom. The maximum Gasteiger partial charge on any atom is 0.410 e. The minimum Gasteiger partial charge on any atom is -0.444 e. The van der Waals surface area contributed by atoms with Crippen LogP contribution < -0.4 is 5.73 Å². The summed E-state index contributed by atoms with van der Waals surface area (Å²) in [4.78, 5) is 14.7. The molecule has 128 valence electrons. The van der Waals surface area contributed by atoms with Crippen molar-refractivity contribution in [3.63, 3.8) is 0 Å². The molecule has 1 saturated heterocycles. The highest BCUT2D eigenvalue weighted by molar-refractivity contribution is 5.69. The minimum absolute atomic E-state index is 0.121. The van der Waals surface area contributed by atoms with Gasteiger partial charge >= 0.3 is 6.09 Å². The van der Waals surface area contributed by atoms with Crippen LogP contribution in [0.3, 0.4) is 0 Å². The number of ether oxygens (including phenoxy) is 1. The Morgan fingerprint density at radius 2 is 1.73 bits per heavy atom. The van der Waals surface area contributed by atoms with Crippen LogP contribution in [0.1, 0.15) is 79.6 Å². The summed E-state index contributed by atoms with van der Waals surface area (Å²) in [6, 6.07) is 0.121. The molecule has 1 unspecified atom stereocenters. The van der Waals surface area contributed by atoms with Gasteiger partial charge in [-0.3, -0.25) is 0 Å². The third-order valence-electron chi connectivity index (χ3n) is 5.15. The van der Waals surface area contributed by atoms with Crippen LogP contribution in [0, 0.1) is 5.41 Å². The molecule has 0 bridgehead atoms. The van der Waals surface area contributed by atoms with E-state index in [0.29, 0.717) is 0 Å². The van der Waals surface area contributed by atoms with Crippen LogP contribution >= 0.6 is 0 Å². The molecule has 1 saturated carbocycles. The molecule has 1 amide bonds. The van der Waals surface area contributed by atoms with Gasteiger partial charge in [0.2, 0.25) is 0 Å².